The maximum atomic E-state index is 11.6. The van der Waals surface area contributed by atoms with Crippen LogP contribution in [-0.4, -0.2) is 42.4 Å². The van der Waals surface area contributed by atoms with Gasteiger partial charge in [-0.05, 0) is 55.1 Å². The molecule has 2 aliphatic rings. The summed E-state index contributed by atoms with van der Waals surface area (Å²) in [5.74, 6) is 0.541. The van der Waals surface area contributed by atoms with Crippen LogP contribution >= 0.6 is 22.7 Å². The highest BCUT2D eigenvalue weighted by Crippen LogP contribution is 2.44. The van der Waals surface area contributed by atoms with Crippen molar-refractivity contribution in [3.05, 3.63) is 44.8 Å². The maximum Gasteiger partial charge on any atom is 0.133 e. The lowest BCUT2D eigenvalue weighted by Crippen LogP contribution is -2.55. The third kappa shape index (κ3) is 2.89. The van der Waals surface area contributed by atoms with E-state index in [1.807, 2.05) is 12.1 Å². The monoisotopic (exact) mass is 349 g/mol. The number of ether oxygens (including phenoxy) is 1. The van der Waals surface area contributed by atoms with Crippen molar-refractivity contribution in [1.29, 1.82) is 0 Å². The first-order chi connectivity index (χ1) is 11.2. The van der Waals surface area contributed by atoms with Gasteiger partial charge in [-0.2, -0.15) is 0 Å². The Morgan fingerprint density at radius 1 is 1.13 bits per heavy atom. The standard InChI is InChI=1S/C18H23NO2S2/c1-19-14-8-13(9-15(19)12-21-11-14)10-18(20,16-4-2-6-22-16)17-5-3-7-23-17/h2-7,13-15,20H,8-12H2,1H3/t13-,14+,15-. The third-order valence-corrected chi connectivity index (χ3v) is 7.47. The molecule has 1 N–H and O–H groups in total. The lowest BCUT2D eigenvalue weighted by molar-refractivity contribution is -0.0841. The SMILES string of the molecule is CN1[C@@H]2COC[C@H]1C[C@H](CC(O)(c1cccs1)c1cccs1)C2. The van der Waals surface area contributed by atoms with Gasteiger partial charge in [-0.3, -0.25) is 4.90 Å². The van der Waals surface area contributed by atoms with Crippen molar-refractivity contribution >= 4 is 22.7 Å². The molecule has 23 heavy (non-hydrogen) atoms. The predicted octanol–water partition coefficient (Wildman–Crippen LogP) is 3.54. The van der Waals surface area contributed by atoms with Crippen LogP contribution in [-0.2, 0) is 10.3 Å². The molecule has 2 aromatic heterocycles. The number of morpholine rings is 1. The zero-order chi connectivity index (χ0) is 15.9. The highest BCUT2D eigenvalue weighted by molar-refractivity contribution is 7.11. The second kappa shape index (κ2) is 6.30. The van der Waals surface area contributed by atoms with Crippen LogP contribution in [0.4, 0.5) is 0 Å². The topological polar surface area (TPSA) is 32.7 Å². The van der Waals surface area contributed by atoms with Gasteiger partial charge in [0.05, 0.1) is 13.2 Å². The van der Waals surface area contributed by atoms with Crippen molar-refractivity contribution in [3.63, 3.8) is 0 Å². The van der Waals surface area contributed by atoms with Gasteiger partial charge < -0.3 is 9.84 Å². The summed E-state index contributed by atoms with van der Waals surface area (Å²) in [7, 11) is 2.22. The largest absolute Gasteiger partial charge is 0.379 e. The predicted molar refractivity (Wildman–Crippen MR) is 95.1 cm³/mol. The zero-order valence-corrected chi connectivity index (χ0v) is 15.0. The summed E-state index contributed by atoms with van der Waals surface area (Å²) in [6.07, 6.45) is 3.05. The average molecular weight is 350 g/mol. The van der Waals surface area contributed by atoms with Crippen LogP contribution in [0.1, 0.15) is 29.0 Å². The van der Waals surface area contributed by atoms with E-state index in [9.17, 15) is 5.11 Å². The Balaban J connectivity index is 1.59. The van der Waals surface area contributed by atoms with Gasteiger partial charge in [0.1, 0.15) is 5.60 Å². The normalized spacial score (nSPS) is 28.9. The van der Waals surface area contributed by atoms with E-state index in [-0.39, 0.29) is 0 Å². The molecular weight excluding hydrogens is 326 g/mol. The Kier molecular flexibility index (Phi) is 4.32. The summed E-state index contributed by atoms with van der Waals surface area (Å²) in [6.45, 7) is 1.67. The molecule has 4 heterocycles. The number of rotatable bonds is 4. The first-order valence-electron chi connectivity index (χ1n) is 8.27. The van der Waals surface area contributed by atoms with Crippen molar-refractivity contribution in [2.45, 2.75) is 36.9 Å². The molecule has 0 saturated carbocycles. The molecule has 2 saturated heterocycles. The molecule has 2 aromatic rings. The van der Waals surface area contributed by atoms with E-state index in [1.165, 1.54) is 0 Å². The van der Waals surface area contributed by atoms with Crippen molar-refractivity contribution in [2.24, 2.45) is 5.92 Å². The molecule has 3 atom stereocenters. The quantitative estimate of drug-likeness (QED) is 0.916. The molecule has 4 rings (SSSR count). The summed E-state index contributed by atoms with van der Waals surface area (Å²) >= 11 is 3.32. The Morgan fingerprint density at radius 2 is 1.70 bits per heavy atom. The van der Waals surface area contributed by atoms with Crippen LogP contribution in [0.2, 0.25) is 0 Å². The average Bonchev–Trinajstić information content (AvgIpc) is 3.22. The van der Waals surface area contributed by atoms with Crippen molar-refractivity contribution in [1.82, 2.24) is 4.90 Å². The van der Waals surface area contributed by atoms with Crippen molar-refractivity contribution < 1.29 is 9.84 Å². The maximum absolute atomic E-state index is 11.6. The van der Waals surface area contributed by atoms with E-state index in [4.69, 9.17) is 4.74 Å². The summed E-state index contributed by atoms with van der Waals surface area (Å²) in [6, 6.07) is 9.23. The molecule has 0 spiro atoms. The lowest BCUT2D eigenvalue weighted by Gasteiger charge is -2.48. The number of thiophene rings is 2. The summed E-state index contributed by atoms with van der Waals surface area (Å²) < 4.78 is 5.73. The second-order valence-electron chi connectivity index (χ2n) is 6.87. The first-order valence-corrected chi connectivity index (χ1v) is 10.0. The molecule has 0 unspecified atom stereocenters. The van der Waals surface area contributed by atoms with Crippen LogP contribution < -0.4 is 0 Å². The van der Waals surface area contributed by atoms with Gasteiger partial charge in [0, 0.05) is 21.8 Å². The fourth-order valence-corrected chi connectivity index (χ4v) is 5.91. The van der Waals surface area contributed by atoms with Gasteiger partial charge in [-0.15, -0.1) is 22.7 Å². The molecule has 124 valence electrons. The Bertz CT molecular complexity index is 577. The highest BCUT2D eigenvalue weighted by atomic mass is 32.1. The lowest BCUT2D eigenvalue weighted by atomic mass is 9.77. The summed E-state index contributed by atoms with van der Waals surface area (Å²) in [5.41, 5.74) is -0.835. The Labute approximate surface area is 145 Å². The molecule has 2 aliphatic heterocycles. The fraction of sp³-hybridized carbons (Fsp3) is 0.556. The van der Waals surface area contributed by atoms with E-state index in [1.54, 1.807) is 22.7 Å². The summed E-state index contributed by atoms with van der Waals surface area (Å²) in [5, 5.41) is 15.7. The van der Waals surface area contributed by atoms with Crippen LogP contribution in [0.25, 0.3) is 0 Å². The second-order valence-corrected chi connectivity index (χ2v) is 8.76. The van der Waals surface area contributed by atoms with Gasteiger partial charge in [0.15, 0.2) is 0 Å². The third-order valence-electron chi connectivity index (χ3n) is 5.42. The van der Waals surface area contributed by atoms with Crippen LogP contribution in [0.5, 0.6) is 0 Å². The molecule has 0 aliphatic carbocycles. The zero-order valence-electron chi connectivity index (χ0n) is 13.4. The highest BCUT2D eigenvalue weighted by Gasteiger charge is 2.42. The van der Waals surface area contributed by atoms with Gasteiger partial charge in [-0.1, -0.05) is 12.1 Å². The van der Waals surface area contributed by atoms with Gasteiger partial charge in [0.25, 0.3) is 0 Å². The molecule has 0 aromatic carbocycles. The fourth-order valence-electron chi connectivity index (χ4n) is 4.14. The van der Waals surface area contributed by atoms with E-state index < -0.39 is 5.60 Å². The Morgan fingerprint density at radius 3 is 2.17 bits per heavy atom. The minimum atomic E-state index is -0.835. The minimum Gasteiger partial charge on any atom is -0.379 e. The van der Waals surface area contributed by atoms with E-state index in [2.05, 4.69) is 34.8 Å². The molecule has 2 bridgehead atoms. The molecular formula is C18H23NO2S2. The van der Waals surface area contributed by atoms with Gasteiger partial charge >= 0.3 is 0 Å². The number of likely N-dealkylation sites (N-methyl/N-ethyl adjacent to an activating group) is 1. The van der Waals surface area contributed by atoms with Gasteiger partial charge in [0.2, 0.25) is 0 Å². The number of piperidine rings is 1. The first kappa shape index (κ1) is 15.8. The van der Waals surface area contributed by atoms with Crippen LogP contribution in [0.15, 0.2) is 35.0 Å². The minimum absolute atomic E-state index is 0.503. The molecule has 3 nitrogen and oxygen atoms in total. The smallest absolute Gasteiger partial charge is 0.133 e. The number of hydrogen-bond donors (Lipinski definition) is 1. The number of nitrogens with zero attached hydrogens (tertiary/aromatic N) is 1. The van der Waals surface area contributed by atoms with E-state index >= 15 is 0 Å². The van der Waals surface area contributed by atoms with E-state index in [0.717, 1.165) is 42.2 Å². The van der Waals surface area contributed by atoms with E-state index in [0.29, 0.717) is 18.0 Å². The van der Waals surface area contributed by atoms with Crippen molar-refractivity contribution in [3.8, 4) is 0 Å². The number of aliphatic hydroxyl groups is 1. The van der Waals surface area contributed by atoms with Crippen molar-refractivity contribution in [2.75, 3.05) is 20.3 Å². The Hall–Kier alpha value is -0.720. The number of fused-ring (bicyclic) bond motifs is 2. The molecule has 5 heteroatoms. The summed E-state index contributed by atoms with van der Waals surface area (Å²) in [4.78, 5) is 4.62. The van der Waals surface area contributed by atoms with Crippen LogP contribution in [0.3, 0.4) is 0 Å². The molecule has 0 amide bonds. The van der Waals surface area contributed by atoms with Gasteiger partial charge in [-0.25, -0.2) is 0 Å². The molecule has 0 radical (unpaired) electrons. The molecule has 2 fully saturated rings. The van der Waals surface area contributed by atoms with Crippen LogP contribution in [0, 0.1) is 5.92 Å². The number of hydrogen-bond acceptors (Lipinski definition) is 5.